The summed E-state index contributed by atoms with van der Waals surface area (Å²) in [6.07, 6.45) is 0.965. The molecular formula is C20H25N3O4. The molecule has 2 unspecified atom stereocenters. The van der Waals surface area contributed by atoms with E-state index in [2.05, 4.69) is 6.07 Å². The molecule has 0 spiro atoms. The number of nitrogens with zero attached hydrogens (tertiary/aromatic N) is 3. The lowest BCUT2D eigenvalue weighted by Gasteiger charge is -2.28. The summed E-state index contributed by atoms with van der Waals surface area (Å²) in [4.78, 5) is 28.3. The molecule has 1 aromatic rings. The van der Waals surface area contributed by atoms with Crippen LogP contribution in [0.1, 0.15) is 39.2 Å². The van der Waals surface area contributed by atoms with Gasteiger partial charge in [0.25, 0.3) is 0 Å². The highest BCUT2D eigenvalue weighted by molar-refractivity contribution is 5.89. The van der Waals surface area contributed by atoms with Gasteiger partial charge >= 0.3 is 12.1 Å². The number of esters is 1. The Morgan fingerprint density at radius 3 is 2.67 bits per heavy atom. The Labute approximate surface area is 159 Å². The van der Waals surface area contributed by atoms with Crippen molar-refractivity contribution in [2.75, 3.05) is 24.5 Å². The number of nitriles is 1. The fourth-order valence-electron chi connectivity index (χ4n) is 3.49. The standard InChI is InChI=1S/C20H25N3O4/c1-20(2,3)27-18(24)17-5-4-10-22(17)12-16-13-23(19(25)26-16)15-8-6-14(11-21)7-9-15/h6-9,16-17H,4-5,10,12-13H2,1-3H3. The topological polar surface area (TPSA) is 82.9 Å². The minimum absolute atomic E-state index is 0.215. The van der Waals surface area contributed by atoms with E-state index in [0.717, 1.165) is 19.4 Å². The molecule has 0 saturated carbocycles. The molecule has 2 aliphatic heterocycles. The van der Waals surface area contributed by atoms with E-state index in [1.807, 2.05) is 25.7 Å². The highest BCUT2D eigenvalue weighted by Crippen LogP contribution is 2.26. The Morgan fingerprint density at radius 2 is 2.04 bits per heavy atom. The number of carbonyl (C=O) groups is 2. The van der Waals surface area contributed by atoms with E-state index in [4.69, 9.17) is 14.7 Å². The number of ether oxygens (including phenoxy) is 2. The van der Waals surface area contributed by atoms with E-state index in [-0.39, 0.29) is 18.1 Å². The lowest BCUT2D eigenvalue weighted by Crippen LogP contribution is -2.44. The summed E-state index contributed by atoms with van der Waals surface area (Å²) < 4.78 is 11.0. The van der Waals surface area contributed by atoms with Crippen molar-refractivity contribution in [3.8, 4) is 6.07 Å². The first-order valence-electron chi connectivity index (χ1n) is 9.22. The molecule has 2 saturated heterocycles. The van der Waals surface area contributed by atoms with Crippen LogP contribution in [0.25, 0.3) is 0 Å². The van der Waals surface area contributed by atoms with Gasteiger partial charge in [0, 0.05) is 12.2 Å². The van der Waals surface area contributed by atoms with Gasteiger partial charge in [-0.1, -0.05) is 0 Å². The zero-order valence-corrected chi connectivity index (χ0v) is 16.0. The Hall–Kier alpha value is -2.59. The molecule has 2 atom stereocenters. The fourth-order valence-corrected chi connectivity index (χ4v) is 3.49. The molecule has 0 aliphatic carbocycles. The van der Waals surface area contributed by atoms with Gasteiger partial charge in [0.05, 0.1) is 18.2 Å². The van der Waals surface area contributed by atoms with Crippen LogP contribution < -0.4 is 4.90 Å². The molecule has 1 aromatic carbocycles. The first-order chi connectivity index (χ1) is 12.8. The number of benzene rings is 1. The average molecular weight is 371 g/mol. The summed E-state index contributed by atoms with van der Waals surface area (Å²) in [6.45, 7) is 7.29. The monoisotopic (exact) mass is 371 g/mol. The Bertz CT molecular complexity index is 748. The third kappa shape index (κ3) is 4.58. The molecule has 7 nitrogen and oxygen atoms in total. The predicted octanol–water partition coefficient (Wildman–Crippen LogP) is 2.69. The van der Waals surface area contributed by atoms with Crippen molar-refractivity contribution >= 4 is 17.7 Å². The van der Waals surface area contributed by atoms with Crippen LogP contribution in [0.15, 0.2) is 24.3 Å². The van der Waals surface area contributed by atoms with Crippen LogP contribution >= 0.6 is 0 Å². The normalized spacial score (nSPS) is 23.2. The summed E-state index contributed by atoms with van der Waals surface area (Å²) in [7, 11) is 0. The van der Waals surface area contributed by atoms with Crippen LogP contribution in [-0.4, -0.2) is 54.3 Å². The molecule has 3 rings (SSSR count). The van der Waals surface area contributed by atoms with Gasteiger partial charge < -0.3 is 9.47 Å². The first-order valence-corrected chi connectivity index (χ1v) is 9.22. The van der Waals surface area contributed by atoms with Crippen LogP contribution in [0.3, 0.4) is 0 Å². The summed E-state index contributed by atoms with van der Waals surface area (Å²) in [5, 5.41) is 8.89. The highest BCUT2D eigenvalue weighted by Gasteiger charge is 2.39. The van der Waals surface area contributed by atoms with Crippen LogP contribution in [0.4, 0.5) is 10.5 Å². The van der Waals surface area contributed by atoms with Crippen LogP contribution in [0, 0.1) is 11.3 Å². The summed E-state index contributed by atoms with van der Waals surface area (Å²) in [6, 6.07) is 8.60. The molecule has 0 N–H and O–H groups in total. The largest absolute Gasteiger partial charge is 0.459 e. The molecule has 27 heavy (non-hydrogen) atoms. The van der Waals surface area contributed by atoms with Gasteiger partial charge in [0.15, 0.2) is 0 Å². The molecule has 2 fully saturated rings. The third-order valence-corrected chi connectivity index (χ3v) is 4.66. The third-order valence-electron chi connectivity index (χ3n) is 4.66. The molecule has 2 aliphatic rings. The zero-order valence-electron chi connectivity index (χ0n) is 16.0. The number of hydrogen-bond acceptors (Lipinski definition) is 6. The number of amides is 1. The van der Waals surface area contributed by atoms with Crippen molar-refractivity contribution in [1.29, 1.82) is 5.26 Å². The summed E-state index contributed by atoms with van der Waals surface area (Å²) in [5.74, 6) is -0.215. The lowest BCUT2D eigenvalue weighted by atomic mass is 10.1. The van der Waals surface area contributed by atoms with Gasteiger partial charge in [-0.05, 0) is 64.4 Å². The van der Waals surface area contributed by atoms with E-state index in [0.29, 0.717) is 24.3 Å². The van der Waals surface area contributed by atoms with E-state index < -0.39 is 11.7 Å². The highest BCUT2D eigenvalue weighted by atomic mass is 16.6. The van der Waals surface area contributed by atoms with Crippen molar-refractivity contribution in [3.05, 3.63) is 29.8 Å². The Kier molecular flexibility index (Phi) is 5.38. The average Bonchev–Trinajstić information content (AvgIpc) is 3.20. The number of anilines is 1. The SMILES string of the molecule is CC(C)(C)OC(=O)C1CCCN1CC1CN(c2ccc(C#N)cc2)C(=O)O1. The van der Waals surface area contributed by atoms with Crippen molar-refractivity contribution in [1.82, 2.24) is 4.90 Å². The van der Waals surface area contributed by atoms with Gasteiger partial charge in [-0.25, -0.2) is 4.79 Å². The van der Waals surface area contributed by atoms with Crippen molar-refractivity contribution in [2.45, 2.75) is 51.4 Å². The molecule has 2 heterocycles. The summed E-state index contributed by atoms with van der Waals surface area (Å²) >= 11 is 0. The van der Waals surface area contributed by atoms with Crippen LogP contribution in [-0.2, 0) is 14.3 Å². The van der Waals surface area contributed by atoms with Gasteiger partial charge in [0.2, 0.25) is 0 Å². The predicted molar refractivity (Wildman–Crippen MR) is 99.2 cm³/mol. The van der Waals surface area contributed by atoms with Crippen molar-refractivity contribution < 1.29 is 19.1 Å². The van der Waals surface area contributed by atoms with E-state index in [9.17, 15) is 9.59 Å². The minimum atomic E-state index is -0.516. The summed E-state index contributed by atoms with van der Waals surface area (Å²) in [5.41, 5.74) is 0.726. The molecule has 1 amide bonds. The minimum Gasteiger partial charge on any atom is -0.459 e. The van der Waals surface area contributed by atoms with Gasteiger partial charge in [-0.15, -0.1) is 0 Å². The van der Waals surface area contributed by atoms with Crippen LogP contribution in [0.2, 0.25) is 0 Å². The maximum atomic E-state index is 12.4. The molecule has 0 bridgehead atoms. The first kappa shape index (κ1) is 19.2. The van der Waals surface area contributed by atoms with E-state index >= 15 is 0 Å². The van der Waals surface area contributed by atoms with Gasteiger partial charge in [-0.2, -0.15) is 5.26 Å². The molecule has 7 heteroatoms. The second kappa shape index (κ2) is 7.57. The Balaban J connectivity index is 1.62. The smallest absolute Gasteiger partial charge is 0.414 e. The quantitative estimate of drug-likeness (QED) is 0.757. The number of carbonyl (C=O) groups excluding carboxylic acids is 2. The fraction of sp³-hybridized carbons (Fsp3) is 0.550. The lowest BCUT2D eigenvalue weighted by molar-refractivity contribution is -0.160. The van der Waals surface area contributed by atoms with Gasteiger partial charge in [-0.3, -0.25) is 14.6 Å². The van der Waals surface area contributed by atoms with Gasteiger partial charge in [0.1, 0.15) is 17.7 Å². The molecule has 0 aromatic heterocycles. The second-order valence-electron chi connectivity index (χ2n) is 7.96. The molecular weight excluding hydrogens is 346 g/mol. The van der Waals surface area contributed by atoms with Crippen LogP contribution in [0.5, 0.6) is 0 Å². The van der Waals surface area contributed by atoms with Crippen molar-refractivity contribution in [2.24, 2.45) is 0 Å². The maximum absolute atomic E-state index is 12.4. The second-order valence-corrected chi connectivity index (χ2v) is 7.96. The number of cyclic esters (lactones) is 1. The maximum Gasteiger partial charge on any atom is 0.414 e. The number of likely N-dealkylation sites (tertiary alicyclic amines) is 1. The Morgan fingerprint density at radius 1 is 1.33 bits per heavy atom. The number of rotatable bonds is 4. The van der Waals surface area contributed by atoms with E-state index in [1.165, 1.54) is 0 Å². The van der Waals surface area contributed by atoms with E-state index in [1.54, 1.807) is 29.2 Å². The molecule has 0 radical (unpaired) electrons. The number of hydrogen-bond donors (Lipinski definition) is 0. The van der Waals surface area contributed by atoms with Crippen molar-refractivity contribution in [3.63, 3.8) is 0 Å². The molecule has 144 valence electrons. The zero-order chi connectivity index (χ0) is 19.6.